The van der Waals surface area contributed by atoms with Crippen molar-refractivity contribution in [1.82, 2.24) is 0 Å². The van der Waals surface area contributed by atoms with Gasteiger partial charge in [0.2, 0.25) is 0 Å². The zero-order chi connectivity index (χ0) is 15.0. The molecular weight excluding hydrogens is 258 g/mol. The van der Waals surface area contributed by atoms with Crippen molar-refractivity contribution in [2.75, 3.05) is 0 Å². The van der Waals surface area contributed by atoms with Crippen molar-refractivity contribution in [3.63, 3.8) is 0 Å². The van der Waals surface area contributed by atoms with Crippen LogP contribution in [-0.2, 0) is 0 Å². The van der Waals surface area contributed by atoms with Crippen molar-refractivity contribution in [1.29, 1.82) is 0 Å². The van der Waals surface area contributed by atoms with Gasteiger partial charge in [0.05, 0.1) is 8.07 Å². The minimum absolute atomic E-state index is 0.0431. The summed E-state index contributed by atoms with van der Waals surface area (Å²) in [6.07, 6.45) is 4.75. The molecule has 110 valence electrons. The molecule has 0 aliphatic carbocycles. The van der Waals surface area contributed by atoms with Crippen molar-refractivity contribution in [2.45, 2.75) is 63.8 Å². The molecule has 0 heterocycles. The van der Waals surface area contributed by atoms with Crippen LogP contribution in [0.1, 0.15) is 44.2 Å². The predicted molar refractivity (Wildman–Crippen MR) is 92.4 cm³/mol. The van der Waals surface area contributed by atoms with E-state index in [9.17, 15) is 0 Å². The van der Waals surface area contributed by atoms with E-state index in [-0.39, 0.29) is 6.04 Å². The van der Waals surface area contributed by atoms with Crippen LogP contribution >= 0.6 is 0 Å². The zero-order valence-corrected chi connectivity index (χ0v) is 14.4. The van der Waals surface area contributed by atoms with Gasteiger partial charge >= 0.3 is 0 Å². The Balaban J connectivity index is 2.80. The first-order valence-corrected chi connectivity index (χ1v) is 11.3. The quantitative estimate of drug-likeness (QED) is 0.446. The summed E-state index contributed by atoms with van der Waals surface area (Å²) in [5.41, 5.74) is 8.03. The fourth-order valence-corrected chi connectivity index (χ4v) is 4.16. The Labute approximate surface area is 126 Å². The average molecular weight is 288 g/mol. The summed E-state index contributed by atoms with van der Waals surface area (Å²) in [4.78, 5) is 0. The van der Waals surface area contributed by atoms with E-state index in [0.717, 1.165) is 6.42 Å². The molecule has 2 atom stereocenters. The van der Waals surface area contributed by atoms with Crippen LogP contribution in [0.3, 0.4) is 0 Å². The molecule has 0 aromatic heterocycles. The van der Waals surface area contributed by atoms with E-state index in [1.807, 2.05) is 6.07 Å². The Morgan fingerprint density at radius 3 is 2.30 bits per heavy atom. The summed E-state index contributed by atoms with van der Waals surface area (Å²) >= 11 is 0. The third-order valence-corrected chi connectivity index (χ3v) is 6.01. The Kier molecular flexibility index (Phi) is 7.05. The minimum Gasteiger partial charge on any atom is -0.323 e. The monoisotopic (exact) mass is 287 g/mol. The van der Waals surface area contributed by atoms with Crippen LogP contribution in [0.4, 0.5) is 0 Å². The molecule has 0 aliphatic rings. The molecular formula is C18H29NSi. The van der Waals surface area contributed by atoms with Gasteiger partial charge in [-0.25, -0.2) is 0 Å². The van der Waals surface area contributed by atoms with Gasteiger partial charge in [-0.2, -0.15) is 0 Å². The van der Waals surface area contributed by atoms with Gasteiger partial charge in [0.15, 0.2) is 0 Å². The molecule has 0 amide bonds. The molecule has 0 saturated carbocycles. The number of benzene rings is 1. The lowest BCUT2D eigenvalue weighted by atomic mass is 10.0. The molecule has 0 saturated heterocycles. The Morgan fingerprint density at radius 1 is 1.10 bits per heavy atom. The lowest BCUT2D eigenvalue weighted by Gasteiger charge is -2.30. The Hall–Kier alpha value is -1.04. The van der Waals surface area contributed by atoms with Crippen LogP contribution in [0.15, 0.2) is 30.3 Å². The molecule has 0 radical (unpaired) electrons. The third-order valence-electron chi connectivity index (χ3n) is 3.64. The molecule has 1 aromatic rings. The maximum absolute atomic E-state index is 6.50. The smallest absolute Gasteiger partial charge is 0.0637 e. The highest BCUT2D eigenvalue weighted by Gasteiger charge is 2.31. The van der Waals surface area contributed by atoms with Gasteiger partial charge in [-0.05, 0) is 12.0 Å². The molecule has 0 spiro atoms. The van der Waals surface area contributed by atoms with Gasteiger partial charge in [-0.1, -0.05) is 69.7 Å². The molecule has 1 nitrogen and oxygen atoms in total. The van der Waals surface area contributed by atoms with E-state index in [2.05, 4.69) is 62.7 Å². The normalized spacial score (nSPS) is 14.2. The van der Waals surface area contributed by atoms with E-state index in [1.165, 1.54) is 24.8 Å². The summed E-state index contributed by atoms with van der Waals surface area (Å²) in [5, 5.41) is 0. The lowest BCUT2D eigenvalue weighted by Crippen LogP contribution is -2.35. The molecule has 0 unspecified atom stereocenters. The number of hydrogen-bond acceptors (Lipinski definition) is 1. The number of hydrogen-bond donors (Lipinski definition) is 1. The van der Waals surface area contributed by atoms with Crippen LogP contribution in [0.2, 0.25) is 25.2 Å². The molecule has 0 bridgehead atoms. The van der Waals surface area contributed by atoms with E-state index >= 15 is 0 Å². The van der Waals surface area contributed by atoms with Crippen molar-refractivity contribution < 1.29 is 0 Å². The van der Waals surface area contributed by atoms with Gasteiger partial charge < -0.3 is 5.73 Å². The van der Waals surface area contributed by atoms with E-state index in [4.69, 9.17) is 5.73 Å². The molecule has 0 aliphatic heterocycles. The molecule has 1 aromatic carbocycles. The Bertz CT molecular complexity index is 436. The first kappa shape index (κ1) is 17.0. The SMILES string of the molecule is CCCCCC#C[C@H]([C@H](N)c1ccccc1)[Si](C)(C)C. The maximum atomic E-state index is 6.50. The second-order valence-corrected chi connectivity index (χ2v) is 11.9. The van der Waals surface area contributed by atoms with E-state index in [0.29, 0.717) is 5.54 Å². The summed E-state index contributed by atoms with van der Waals surface area (Å²) in [5.74, 6) is 6.89. The van der Waals surface area contributed by atoms with Crippen molar-refractivity contribution in [3.05, 3.63) is 35.9 Å². The largest absolute Gasteiger partial charge is 0.323 e. The highest BCUT2D eigenvalue weighted by molar-refractivity contribution is 6.78. The van der Waals surface area contributed by atoms with E-state index in [1.54, 1.807) is 0 Å². The fraction of sp³-hybridized carbons (Fsp3) is 0.556. The second-order valence-electron chi connectivity index (χ2n) is 6.56. The van der Waals surface area contributed by atoms with Crippen LogP contribution in [0.25, 0.3) is 0 Å². The Morgan fingerprint density at radius 2 is 1.75 bits per heavy atom. The molecule has 0 fully saturated rings. The van der Waals surface area contributed by atoms with Gasteiger partial charge in [0.1, 0.15) is 0 Å². The summed E-state index contributed by atoms with van der Waals surface area (Å²) < 4.78 is 0. The zero-order valence-electron chi connectivity index (χ0n) is 13.4. The van der Waals surface area contributed by atoms with Gasteiger partial charge in [0, 0.05) is 18.0 Å². The van der Waals surface area contributed by atoms with Crippen LogP contribution < -0.4 is 5.73 Å². The summed E-state index contributed by atoms with van der Waals surface area (Å²) in [6, 6.07) is 10.4. The van der Waals surface area contributed by atoms with Gasteiger partial charge in [-0.15, -0.1) is 11.8 Å². The standard InChI is InChI=1S/C18H29NSi/c1-5-6-7-8-12-15-17(20(2,3)4)18(19)16-13-10-9-11-14-16/h9-11,13-14,17-18H,5-8,19H2,1-4H3/t17-,18-/m1/s1. The van der Waals surface area contributed by atoms with Gasteiger partial charge in [-0.3, -0.25) is 0 Å². The molecule has 1 rings (SSSR count). The average Bonchev–Trinajstić information content (AvgIpc) is 2.42. The summed E-state index contributed by atoms with van der Waals surface area (Å²) in [7, 11) is -1.40. The first-order valence-electron chi connectivity index (χ1n) is 7.75. The maximum Gasteiger partial charge on any atom is 0.0637 e. The molecule has 2 N–H and O–H groups in total. The number of nitrogens with two attached hydrogens (primary N) is 1. The van der Waals surface area contributed by atoms with E-state index < -0.39 is 8.07 Å². The predicted octanol–water partition coefficient (Wildman–Crippen LogP) is 4.98. The number of rotatable bonds is 6. The van der Waals surface area contributed by atoms with Crippen LogP contribution in [0, 0.1) is 11.8 Å². The minimum atomic E-state index is -1.40. The number of unbranched alkanes of at least 4 members (excludes halogenated alkanes) is 3. The van der Waals surface area contributed by atoms with Crippen molar-refractivity contribution in [3.8, 4) is 11.8 Å². The highest BCUT2D eigenvalue weighted by Crippen LogP contribution is 2.33. The summed E-state index contributed by atoms with van der Waals surface area (Å²) in [6.45, 7) is 9.31. The third kappa shape index (κ3) is 5.52. The lowest BCUT2D eigenvalue weighted by molar-refractivity contribution is 0.724. The van der Waals surface area contributed by atoms with Gasteiger partial charge in [0.25, 0.3) is 0 Å². The fourth-order valence-electron chi connectivity index (χ4n) is 2.36. The topological polar surface area (TPSA) is 26.0 Å². The van der Waals surface area contributed by atoms with Crippen LogP contribution in [-0.4, -0.2) is 8.07 Å². The molecule has 2 heteroatoms. The van der Waals surface area contributed by atoms with Crippen LogP contribution in [0.5, 0.6) is 0 Å². The second kappa shape index (κ2) is 8.29. The molecule has 20 heavy (non-hydrogen) atoms. The first-order chi connectivity index (χ1) is 9.46. The van der Waals surface area contributed by atoms with Crippen molar-refractivity contribution >= 4 is 8.07 Å². The van der Waals surface area contributed by atoms with Crippen molar-refractivity contribution in [2.24, 2.45) is 5.73 Å². The highest BCUT2D eigenvalue weighted by atomic mass is 28.3.